The van der Waals surface area contributed by atoms with Crippen LogP contribution in [0.15, 0.2) is 49.8 Å². The smallest absolute Gasteiger partial charge is 1.00 e. The first kappa shape index (κ1) is 20.9. The third-order valence-electron chi connectivity index (χ3n) is 5.93. The van der Waals surface area contributed by atoms with E-state index < -0.39 is 20.3 Å². The van der Waals surface area contributed by atoms with Crippen LogP contribution in [0.25, 0.3) is 6.08 Å². The van der Waals surface area contributed by atoms with Crippen molar-refractivity contribution in [2.45, 2.75) is 47.0 Å². The summed E-state index contributed by atoms with van der Waals surface area (Å²) >= 11 is -2.36. The summed E-state index contributed by atoms with van der Waals surface area (Å²) in [6, 6.07) is 8.93. The van der Waals surface area contributed by atoms with Crippen molar-refractivity contribution in [3.63, 3.8) is 0 Å². The van der Waals surface area contributed by atoms with Crippen molar-refractivity contribution >= 4 is 6.08 Å². The average molecular weight is 429 g/mol. The Morgan fingerprint density at radius 1 is 0.870 bits per heavy atom. The molecule has 0 spiro atoms. The molecule has 2 aliphatic rings. The third kappa shape index (κ3) is 3.35. The first-order chi connectivity index (χ1) is 9.84. The molecule has 3 rings (SSSR count). The van der Waals surface area contributed by atoms with Gasteiger partial charge in [-0.25, -0.2) is 0 Å². The van der Waals surface area contributed by atoms with Crippen LogP contribution in [0.3, 0.4) is 0 Å². The molecule has 0 unspecified atom stereocenters. The number of allylic oxidation sites excluding steroid dienone is 5. The molecule has 0 N–H and O–H groups in total. The van der Waals surface area contributed by atoms with Crippen LogP contribution >= 0.6 is 0 Å². The summed E-state index contributed by atoms with van der Waals surface area (Å²) in [5, 5.41) is 0. The van der Waals surface area contributed by atoms with E-state index in [-0.39, 0.29) is 24.8 Å². The Labute approximate surface area is 158 Å². The fourth-order valence-corrected chi connectivity index (χ4v) is 14.5. The van der Waals surface area contributed by atoms with Crippen LogP contribution in [0, 0.1) is 0 Å². The summed E-state index contributed by atoms with van der Waals surface area (Å²) < 4.78 is 7.82. The van der Waals surface area contributed by atoms with Gasteiger partial charge in [-0.05, 0) is 0 Å². The Morgan fingerprint density at radius 3 is 1.91 bits per heavy atom. The predicted molar refractivity (Wildman–Crippen MR) is 90.3 cm³/mol. The van der Waals surface area contributed by atoms with Crippen LogP contribution in [-0.4, -0.2) is 0 Å². The molecule has 0 aromatic heterocycles. The van der Waals surface area contributed by atoms with Crippen LogP contribution in [0.1, 0.15) is 38.8 Å². The number of benzene rings is 1. The van der Waals surface area contributed by atoms with Crippen LogP contribution in [-0.2, 0) is 26.7 Å². The number of fused-ring (bicyclic) bond motifs is 1. The normalized spacial score (nSPS) is 17.7. The Morgan fingerprint density at radius 2 is 1.39 bits per heavy atom. The van der Waals surface area contributed by atoms with Gasteiger partial charge in [0, 0.05) is 0 Å². The Bertz CT molecular complexity index is 684. The molecular weight excluding hydrogens is 402 g/mol. The number of halogens is 2. The fourth-order valence-electron chi connectivity index (χ4n) is 4.31. The van der Waals surface area contributed by atoms with Crippen molar-refractivity contribution in [3.8, 4) is 0 Å². The summed E-state index contributed by atoms with van der Waals surface area (Å²) in [7, 11) is 0. The number of hydrogen-bond acceptors (Lipinski definition) is 0. The summed E-state index contributed by atoms with van der Waals surface area (Å²) in [6.45, 7) is 9.38. The van der Waals surface area contributed by atoms with Gasteiger partial charge >= 0.3 is 134 Å². The van der Waals surface area contributed by atoms with E-state index in [9.17, 15) is 0 Å². The second kappa shape index (κ2) is 7.42. The second-order valence-electron chi connectivity index (χ2n) is 7.32. The van der Waals surface area contributed by atoms with Crippen molar-refractivity contribution in [2.24, 2.45) is 0 Å². The van der Waals surface area contributed by atoms with Crippen LogP contribution in [0.4, 0.5) is 0 Å². The largest absolute Gasteiger partial charge is 1.00 e. The maximum Gasteiger partial charge on any atom is -1.00 e. The minimum atomic E-state index is -2.36. The molecule has 23 heavy (non-hydrogen) atoms. The molecule has 0 fully saturated rings. The Balaban J connectivity index is 0.00000132. The molecule has 1 aromatic rings. The van der Waals surface area contributed by atoms with Gasteiger partial charge in [0.25, 0.3) is 0 Å². The van der Waals surface area contributed by atoms with Crippen LogP contribution < -0.4 is 24.8 Å². The van der Waals surface area contributed by atoms with E-state index in [0.717, 1.165) is 3.63 Å². The van der Waals surface area contributed by atoms with Crippen molar-refractivity contribution in [2.75, 3.05) is 0 Å². The Kier molecular flexibility index (Phi) is 6.76. The average Bonchev–Trinajstić information content (AvgIpc) is 2.96. The summed E-state index contributed by atoms with van der Waals surface area (Å²) in [6.07, 6.45) is 3.73. The quantitative estimate of drug-likeness (QED) is 0.637. The summed E-state index contributed by atoms with van der Waals surface area (Å²) in [5.74, 6) is 0. The molecule has 1 aromatic carbocycles. The Hall–Kier alpha value is -0.0969. The standard InChI is InChI=1S/C9H7.C9H13.2CH3.2ClH.Zr/c1-2-5-9-7-3-6-8(9)4-1;1-6-5-7(2)9(4)8(6)3;;;;;/h1-2,4-6H,7H2;5H,1-4H3;2*1H3;2*1H;/p-2. The third-order valence-corrected chi connectivity index (χ3v) is 16.5. The zero-order valence-corrected chi connectivity index (χ0v) is 18.9. The van der Waals surface area contributed by atoms with Crippen molar-refractivity contribution in [1.29, 1.82) is 0 Å². The second-order valence-corrected chi connectivity index (χ2v) is 18.8. The van der Waals surface area contributed by atoms with E-state index in [1.807, 2.05) is 0 Å². The fraction of sp³-hybridized carbons (Fsp3) is 0.400. The van der Waals surface area contributed by atoms with Gasteiger partial charge in [-0.15, -0.1) is 0 Å². The van der Waals surface area contributed by atoms with Gasteiger partial charge in [-0.1, -0.05) is 0 Å². The molecule has 0 nitrogen and oxygen atoms in total. The molecule has 126 valence electrons. The molecule has 0 saturated heterocycles. The maximum absolute atomic E-state index is 2.63. The molecule has 0 heterocycles. The van der Waals surface area contributed by atoms with Gasteiger partial charge in [0.2, 0.25) is 0 Å². The minimum Gasteiger partial charge on any atom is -1.00 e. The van der Waals surface area contributed by atoms with E-state index >= 15 is 0 Å². The molecule has 0 saturated carbocycles. The molecule has 3 heteroatoms. The van der Waals surface area contributed by atoms with Crippen molar-refractivity contribution < 1.29 is 45.1 Å². The summed E-state index contributed by atoms with van der Waals surface area (Å²) in [5.41, 5.74) is 9.42. The molecule has 2 aliphatic carbocycles. The van der Waals surface area contributed by atoms with Gasteiger partial charge in [-0.2, -0.15) is 0 Å². The molecule has 0 atom stereocenters. The van der Waals surface area contributed by atoms with Gasteiger partial charge in [0.1, 0.15) is 0 Å². The van der Waals surface area contributed by atoms with Crippen LogP contribution in [0.2, 0.25) is 12.9 Å². The topological polar surface area (TPSA) is 0 Å². The molecular formula is C20H26Cl2Zr-2. The van der Waals surface area contributed by atoms with Gasteiger partial charge in [0.15, 0.2) is 0 Å². The van der Waals surface area contributed by atoms with E-state index in [2.05, 4.69) is 67.3 Å². The molecule has 0 bridgehead atoms. The van der Waals surface area contributed by atoms with Crippen molar-refractivity contribution in [1.82, 2.24) is 0 Å². The monoisotopic (exact) mass is 426 g/mol. The first-order valence-corrected chi connectivity index (χ1v) is 15.5. The maximum atomic E-state index is 2.63. The SMILES string of the molecule is CC1=C(C)[CH]([Zr]([CH3])([CH3])[C]2=Cc3ccccc3C2)C(C)=C1C.[Cl-].[Cl-]. The molecule has 0 radical (unpaired) electrons. The predicted octanol–water partition coefficient (Wildman–Crippen LogP) is 0.317. The van der Waals surface area contributed by atoms with E-state index in [1.54, 1.807) is 25.6 Å². The number of hydrogen-bond donors (Lipinski definition) is 0. The first-order valence-electron chi connectivity index (χ1n) is 7.98. The summed E-state index contributed by atoms with van der Waals surface area (Å²) in [4.78, 5) is 0. The van der Waals surface area contributed by atoms with Crippen LogP contribution in [0.5, 0.6) is 0 Å². The zero-order chi connectivity index (χ0) is 15.4. The molecule has 0 aliphatic heterocycles. The van der Waals surface area contributed by atoms with E-state index in [1.165, 1.54) is 17.5 Å². The van der Waals surface area contributed by atoms with E-state index in [4.69, 9.17) is 0 Å². The molecule has 0 amide bonds. The minimum absolute atomic E-state index is 0. The van der Waals surface area contributed by atoms with Gasteiger partial charge in [0.05, 0.1) is 0 Å². The van der Waals surface area contributed by atoms with Gasteiger partial charge < -0.3 is 24.8 Å². The van der Waals surface area contributed by atoms with E-state index in [0.29, 0.717) is 0 Å². The van der Waals surface area contributed by atoms with Crippen molar-refractivity contribution in [3.05, 3.63) is 61.0 Å². The van der Waals surface area contributed by atoms with Gasteiger partial charge in [-0.3, -0.25) is 0 Å². The zero-order valence-electron chi connectivity index (χ0n) is 14.9. The number of rotatable bonds is 2.